The quantitative estimate of drug-likeness (QED) is 0.0325. The molecule has 1 unspecified atom stereocenters. The number of unbranched alkanes of at least 4 members (excludes halogenated alkanes) is 3. The van der Waals surface area contributed by atoms with Crippen LogP contribution in [-0.4, -0.2) is 147 Å². The molecular formula is C72H81Cl2N15O7S3. The third kappa shape index (κ3) is 16.2. The van der Waals surface area contributed by atoms with Gasteiger partial charge < -0.3 is 30.9 Å². The SMILES string of the molecule is Cc1ncsc1-c1ccc(CNC(=O)[C@@H]2C[C@@H](O)CN2C(=O)C(=NC(=O)CN(CCCCCNC(=O)CC2N=C(c3ccc(Cl)cc3)c3c(sc(C)c3C)-n3c(C)nnc32)C(=O)CCCCNC(=O)C[C@@H]2N=C(c3ccc(Cl)cc3)c3c(sc(C)c3C)-n3c(C)nnc32)C(C)(C)C)cc1. The first-order valence-electron chi connectivity index (χ1n) is 33.2. The maximum absolute atomic E-state index is 14.7. The van der Waals surface area contributed by atoms with Crippen molar-refractivity contribution in [2.45, 2.75) is 158 Å². The van der Waals surface area contributed by atoms with E-state index in [4.69, 9.17) is 33.2 Å². The van der Waals surface area contributed by atoms with E-state index in [1.165, 1.54) is 9.80 Å². The number of carbonyl (C=O) groups is 6. The van der Waals surface area contributed by atoms with E-state index >= 15 is 0 Å². The number of thiophene rings is 2. The first kappa shape index (κ1) is 71.8. The molecule has 1 saturated heterocycles. The van der Waals surface area contributed by atoms with Crippen molar-refractivity contribution < 1.29 is 33.9 Å². The molecule has 27 heteroatoms. The van der Waals surface area contributed by atoms with Crippen molar-refractivity contribution in [3.05, 3.63) is 166 Å². The number of aryl methyl sites for hydroxylation is 5. The molecule has 8 aromatic rings. The van der Waals surface area contributed by atoms with Gasteiger partial charge in [0, 0.05) is 93.0 Å². The highest BCUT2D eigenvalue weighted by Crippen LogP contribution is 2.42. The van der Waals surface area contributed by atoms with E-state index < -0.39 is 53.9 Å². The van der Waals surface area contributed by atoms with E-state index in [1.54, 1.807) is 60.3 Å². The van der Waals surface area contributed by atoms with Crippen LogP contribution in [-0.2, 0) is 35.3 Å². The molecule has 0 saturated carbocycles. The van der Waals surface area contributed by atoms with Gasteiger partial charge in [-0.3, -0.25) is 47.9 Å². The zero-order valence-corrected chi connectivity index (χ0v) is 61.1. The lowest BCUT2D eigenvalue weighted by Crippen LogP contribution is -2.50. The Hall–Kier alpha value is -8.46. The minimum absolute atomic E-state index is 0.00678. The fourth-order valence-electron chi connectivity index (χ4n) is 12.6. The number of thiazole rings is 1. The highest BCUT2D eigenvalue weighted by Gasteiger charge is 2.43. The topological polar surface area (TPSA) is 277 Å². The fourth-order valence-corrected chi connectivity index (χ4v) is 16.1. The molecule has 0 radical (unpaired) electrons. The molecule has 0 aliphatic carbocycles. The van der Waals surface area contributed by atoms with Gasteiger partial charge in [0.2, 0.25) is 23.6 Å². The third-order valence-corrected chi connectivity index (χ3v) is 22.0. The molecule has 6 amide bonds. The normalized spacial score (nSPS) is 16.6. The number of halogens is 2. The molecule has 518 valence electrons. The summed E-state index contributed by atoms with van der Waals surface area (Å²) in [6.45, 7) is 19.5. The van der Waals surface area contributed by atoms with Gasteiger partial charge in [0.25, 0.3) is 11.8 Å². The van der Waals surface area contributed by atoms with E-state index in [2.05, 4.69) is 74.0 Å². The number of nitrogens with one attached hydrogen (secondary N) is 3. The van der Waals surface area contributed by atoms with Crippen LogP contribution < -0.4 is 16.0 Å². The number of likely N-dealkylation sites (tertiary alicyclic amines) is 1. The van der Waals surface area contributed by atoms with Crippen LogP contribution in [0.4, 0.5) is 0 Å². The smallest absolute Gasteiger partial charge is 0.269 e. The van der Waals surface area contributed by atoms with Gasteiger partial charge in [0.15, 0.2) is 11.6 Å². The predicted octanol–water partition coefficient (Wildman–Crippen LogP) is 11.5. The Bertz CT molecular complexity index is 4460. The number of carbonyl (C=O) groups excluding carboxylic acids is 6. The average Bonchev–Trinajstić information content (AvgIpc) is 1.60. The van der Waals surface area contributed by atoms with Crippen LogP contribution >= 0.6 is 57.2 Å². The van der Waals surface area contributed by atoms with Crippen LogP contribution in [0, 0.1) is 53.9 Å². The second kappa shape index (κ2) is 31.0. The van der Waals surface area contributed by atoms with Crippen molar-refractivity contribution in [3.8, 4) is 20.4 Å². The third-order valence-electron chi connectivity index (χ3n) is 18.1. The van der Waals surface area contributed by atoms with Gasteiger partial charge in [0.1, 0.15) is 52.0 Å². The molecule has 0 spiro atoms. The monoisotopic (exact) mass is 1430 g/mol. The Morgan fingerprint density at radius 1 is 0.657 bits per heavy atom. The molecule has 22 nitrogen and oxygen atoms in total. The number of aliphatic hydroxyl groups excluding tert-OH is 1. The summed E-state index contributed by atoms with van der Waals surface area (Å²) >= 11 is 17.5. The molecule has 1 fully saturated rings. The summed E-state index contributed by atoms with van der Waals surface area (Å²) in [7, 11) is 0. The Labute approximate surface area is 597 Å². The number of aromatic nitrogens is 7. The average molecular weight is 1440 g/mol. The number of hydrogen-bond donors (Lipinski definition) is 4. The van der Waals surface area contributed by atoms with Gasteiger partial charge in [-0.1, -0.05) is 92.5 Å². The Morgan fingerprint density at radius 2 is 1.17 bits per heavy atom. The highest BCUT2D eigenvalue weighted by molar-refractivity contribution is 7.15. The second-order valence-corrected chi connectivity index (χ2v) is 30.5. The van der Waals surface area contributed by atoms with Gasteiger partial charge in [-0.15, -0.1) is 54.4 Å². The zero-order valence-electron chi connectivity index (χ0n) is 57.2. The molecular weight excluding hydrogens is 1350 g/mol. The van der Waals surface area contributed by atoms with E-state index in [1.807, 2.05) is 103 Å². The second-order valence-electron chi connectivity index (χ2n) is 26.4. The first-order valence-corrected chi connectivity index (χ1v) is 36.5. The van der Waals surface area contributed by atoms with Crippen molar-refractivity contribution in [2.75, 3.05) is 32.7 Å². The lowest BCUT2D eigenvalue weighted by atomic mass is 9.88. The largest absolute Gasteiger partial charge is 0.391 e. The Balaban J connectivity index is 0.742. The van der Waals surface area contributed by atoms with Crippen LogP contribution in [0.1, 0.15) is 168 Å². The molecule has 8 heterocycles. The summed E-state index contributed by atoms with van der Waals surface area (Å²) in [6.07, 6.45) is 1.40. The number of amides is 6. The minimum Gasteiger partial charge on any atom is -0.391 e. The number of benzene rings is 3. The molecule has 5 aromatic heterocycles. The van der Waals surface area contributed by atoms with E-state index in [-0.39, 0.29) is 75.3 Å². The van der Waals surface area contributed by atoms with Crippen molar-refractivity contribution in [2.24, 2.45) is 20.4 Å². The number of rotatable bonds is 24. The summed E-state index contributed by atoms with van der Waals surface area (Å²) in [5, 5.41) is 41.0. The van der Waals surface area contributed by atoms with Gasteiger partial charge in [-0.05, 0) is 127 Å². The molecule has 99 heavy (non-hydrogen) atoms. The first-order chi connectivity index (χ1) is 47.3. The Kier molecular flexibility index (Phi) is 22.5. The van der Waals surface area contributed by atoms with Crippen molar-refractivity contribution >= 4 is 110 Å². The Morgan fingerprint density at radius 3 is 1.68 bits per heavy atom. The number of fused-ring (bicyclic) bond motifs is 6. The summed E-state index contributed by atoms with van der Waals surface area (Å²) in [4.78, 5) is 110. The molecule has 0 bridgehead atoms. The predicted molar refractivity (Wildman–Crippen MR) is 388 cm³/mol. The number of nitrogens with zero attached hydrogens (tertiary/aromatic N) is 12. The summed E-state index contributed by atoms with van der Waals surface area (Å²) in [5.74, 6) is -0.209. The number of hydrogen-bond acceptors (Lipinski definition) is 17. The summed E-state index contributed by atoms with van der Waals surface area (Å²) < 4.78 is 3.99. The molecule has 3 aromatic carbocycles. The van der Waals surface area contributed by atoms with Crippen molar-refractivity contribution in [3.63, 3.8) is 0 Å². The van der Waals surface area contributed by atoms with E-state index in [0.717, 1.165) is 86.3 Å². The number of β-amino-alcohol motifs (C(OH)–C–C–N with tert-alkyl or cyclic N) is 1. The summed E-state index contributed by atoms with van der Waals surface area (Å²) in [6, 6.07) is 20.4. The van der Waals surface area contributed by atoms with Gasteiger partial charge in [0.05, 0.1) is 46.5 Å². The van der Waals surface area contributed by atoms with Crippen molar-refractivity contribution in [1.29, 1.82) is 0 Å². The van der Waals surface area contributed by atoms with Gasteiger partial charge in [-0.2, -0.15) is 0 Å². The van der Waals surface area contributed by atoms with Crippen LogP contribution in [0.25, 0.3) is 20.4 Å². The fraction of sp³-hybridized carbons (Fsp3) is 0.417. The molecule has 11 rings (SSSR count). The standard InChI is InChI=1S/C72H81Cl2N15O7S3/c1-39-42(4)98-70-60(39)62(47-21-25-50(73)26-22-47)79-53(66-84-82-44(6)88(66)70)33-56(91)75-29-13-11-15-31-86(37-58(93)81-65(72(8,9)10)69(96)87-36-52(90)32-55(87)68(95)77-35-46-17-19-49(20-18-46)64-41(3)78-38-97-64)59(94)16-12-14-30-76-57(92)34-54-67-85-83-45(7)89(67)71-61(40(2)43(5)99-71)63(80-54)48-23-27-51(74)28-24-48/h17-28,38,52-55,90H,11-16,29-37H2,1-10H3,(H,75,91)(H,76,92)(H,77,95)/t52-,53?,54+,55+/m1/s1. The van der Waals surface area contributed by atoms with E-state index in [0.29, 0.717) is 72.0 Å². The molecule has 4 N–H and O–H groups in total. The molecule has 3 aliphatic rings. The van der Waals surface area contributed by atoms with Crippen LogP contribution in [0.3, 0.4) is 0 Å². The minimum atomic E-state index is -1.04. The molecule has 4 atom stereocenters. The number of aliphatic hydroxyl groups is 1. The summed E-state index contributed by atoms with van der Waals surface area (Å²) in [5.41, 5.74) is 10.7. The molecule has 3 aliphatic heterocycles. The maximum Gasteiger partial charge on any atom is 0.269 e. The van der Waals surface area contributed by atoms with Crippen LogP contribution in [0.5, 0.6) is 0 Å². The lowest BCUT2D eigenvalue weighted by Gasteiger charge is -2.29. The van der Waals surface area contributed by atoms with Crippen molar-refractivity contribution in [1.82, 2.24) is 60.3 Å². The van der Waals surface area contributed by atoms with Crippen LogP contribution in [0.15, 0.2) is 93.3 Å². The lowest BCUT2D eigenvalue weighted by molar-refractivity contribution is -0.135. The zero-order chi connectivity index (χ0) is 70.6. The van der Waals surface area contributed by atoms with Gasteiger partial charge >= 0.3 is 0 Å². The number of aliphatic imine (C=N–C) groups is 3. The maximum atomic E-state index is 14.7. The van der Waals surface area contributed by atoms with Gasteiger partial charge in [-0.25, -0.2) is 9.98 Å². The highest BCUT2D eigenvalue weighted by atomic mass is 35.5. The van der Waals surface area contributed by atoms with E-state index in [9.17, 15) is 33.9 Å². The van der Waals surface area contributed by atoms with Crippen LogP contribution in [0.2, 0.25) is 10.0 Å².